The van der Waals surface area contributed by atoms with Crippen LogP contribution in [0.25, 0.3) is 0 Å². The maximum absolute atomic E-state index is 10.2. The molecule has 0 spiro atoms. The minimum absolute atomic E-state index is 0.458. The fourth-order valence-corrected chi connectivity index (χ4v) is 3.11. The van der Waals surface area contributed by atoms with E-state index in [0.29, 0.717) is 11.7 Å². The molecule has 2 rings (SSSR count). The average Bonchev–Trinajstić information content (AvgIpc) is 2.45. The molecule has 0 amide bonds. The molecule has 0 bridgehead atoms. The highest BCUT2D eigenvalue weighted by Crippen LogP contribution is 2.27. The SMILES string of the molecule is CC(C)c1ccc(C(O)CSc2cccc(Cl)c2)cc1. The monoisotopic (exact) mass is 306 g/mol. The van der Waals surface area contributed by atoms with Crippen LogP contribution in [0.5, 0.6) is 0 Å². The largest absolute Gasteiger partial charge is 0.388 e. The van der Waals surface area contributed by atoms with Crippen LogP contribution in [0.15, 0.2) is 53.4 Å². The van der Waals surface area contributed by atoms with Gasteiger partial charge < -0.3 is 5.11 Å². The summed E-state index contributed by atoms with van der Waals surface area (Å²) in [6.45, 7) is 4.33. The Labute approximate surface area is 130 Å². The number of hydrogen-bond donors (Lipinski definition) is 1. The molecule has 2 aromatic carbocycles. The summed E-state index contributed by atoms with van der Waals surface area (Å²) in [5, 5.41) is 11.0. The zero-order chi connectivity index (χ0) is 14.5. The number of thioether (sulfide) groups is 1. The molecule has 1 atom stereocenters. The smallest absolute Gasteiger partial charge is 0.0883 e. The first kappa shape index (κ1) is 15.4. The first-order chi connectivity index (χ1) is 9.56. The number of aliphatic hydroxyl groups excluding tert-OH is 1. The average molecular weight is 307 g/mol. The van der Waals surface area contributed by atoms with Gasteiger partial charge in [-0.3, -0.25) is 0 Å². The Bertz CT molecular complexity index is 551. The molecule has 0 saturated heterocycles. The van der Waals surface area contributed by atoms with E-state index in [1.165, 1.54) is 5.56 Å². The van der Waals surface area contributed by atoms with Crippen LogP contribution in [0.4, 0.5) is 0 Å². The quantitative estimate of drug-likeness (QED) is 0.757. The van der Waals surface area contributed by atoms with Gasteiger partial charge in [0.2, 0.25) is 0 Å². The second-order valence-electron chi connectivity index (χ2n) is 5.11. The van der Waals surface area contributed by atoms with Gasteiger partial charge in [0.1, 0.15) is 0 Å². The summed E-state index contributed by atoms with van der Waals surface area (Å²) in [6.07, 6.45) is -0.458. The van der Waals surface area contributed by atoms with Crippen molar-refractivity contribution >= 4 is 23.4 Å². The Hall–Kier alpha value is -0.960. The van der Waals surface area contributed by atoms with Gasteiger partial charge >= 0.3 is 0 Å². The van der Waals surface area contributed by atoms with Crippen molar-refractivity contribution in [2.24, 2.45) is 0 Å². The summed E-state index contributed by atoms with van der Waals surface area (Å²) in [4.78, 5) is 1.08. The predicted octanol–water partition coefficient (Wildman–Crippen LogP) is 5.29. The number of aliphatic hydroxyl groups is 1. The Balaban J connectivity index is 1.96. The zero-order valence-corrected chi connectivity index (χ0v) is 13.3. The van der Waals surface area contributed by atoms with Crippen LogP contribution < -0.4 is 0 Å². The number of halogens is 1. The lowest BCUT2D eigenvalue weighted by Crippen LogP contribution is -2.01. The number of rotatable bonds is 5. The molecule has 1 unspecified atom stereocenters. The second kappa shape index (κ2) is 7.16. The molecule has 0 fully saturated rings. The third kappa shape index (κ3) is 4.27. The van der Waals surface area contributed by atoms with E-state index in [1.54, 1.807) is 11.8 Å². The molecule has 0 aliphatic heterocycles. The second-order valence-corrected chi connectivity index (χ2v) is 6.64. The maximum Gasteiger partial charge on any atom is 0.0883 e. The van der Waals surface area contributed by atoms with Gasteiger partial charge in [0.25, 0.3) is 0 Å². The lowest BCUT2D eigenvalue weighted by molar-refractivity contribution is 0.204. The predicted molar refractivity (Wildman–Crippen MR) is 87.7 cm³/mol. The molecular weight excluding hydrogens is 288 g/mol. The van der Waals surface area contributed by atoms with Gasteiger partial charge in [0, 0.05) is 15.7 Å². The van der Waals surface area contributed by atoms with Crippen molar-refractivity contribution in [3.8, 4) is 0 Å². The van der Waals surface area contributed by atoms with Crippen molar-refractivity contribution in [2.75, 3.05) is 5.75 Å². The highest BCUT2D eigenvalue weighted by Gasteiger charge is 2.09. The van der Waals surface area contributed by atoms with Crippen LogP contribution in [-0.4, -0.2) is 10.9 Å². The van der Waals surface area contributed by atoms with Crippen molar-refractivity contribution in [3.63, 3.8) is 0 Å². The fraction of sp³-hybridized carbons (Fsp3) is 0.294. The number of hydrogen-bond acceptors (Lipinski definition) is 2. The minimum atomic E-state index is -0.458. The van der Waals surface area contributed by atoms with E-state index in [1.807, 2.05) is 36.4 Å². The molecule has 0 aromatic heterocycles. The molecule has 106 valence electrons. The van der Waals surface area contributed by atoms with E-state index >= 15 is 0 Å². The lowest BCUT2D eigenvalue weighted by Gasteiger charge is -2.12. The van der Waals surface area contributed by atoms with Crippen LogP contribution in [0.3, 0.4) is 0 Å². The maximum atomic E-state index is 10.2. The summed E-state index contributed by atoms with van der Waals surface area (Å²) < 4.78 is 0. The van der Waals surface area contributed by atoms with Crippen LogP contribution in [-0.2, 0) is 0 Å². The van der Waals surface area contributed by atoms with Crippen LogP contribution in [0.1, 0.15) is 37.0 Å². The van der Waals surface area contributed by atoms with Crippen LogP contribution in [0.2, 0.25) is 5.02 Å². The van der Waals surface area contributed by atoms with Crippen molar-refractivity contribution < 1.29 is 5.11 Å². The summed E-state index contributed by atoms with van der Waals surface area (Å²) >= 11 is 7.56. The molecule has 0 aliphatic carbocycles. The van der Waals surface area contributed by atoms with Gasteiger partial charge in [-0.1, -0.05) is 55.8 Å². The van der Waals surface area contributed by atoms with E-state index in [4.69, 9.17) is 11.6 Å². The van der Waals surface area contributed by atoms with Crippen molar-refractivity contribution in [1.29, 1.82) is 0 Å². The molecule has 0 saturated carbocycles. The van der Waals surface area contributed by atoms with Crippen LogP contribution >= 0.6 is 23.4 Å². The molecule has 0 heterocycles. The van der Waals surface area contributed by atoms with Crippen molar-refractivity contribution in [2.45, 2.75) is 30.8 Å². The van der Waals surface area contributed by atoms with Crippen molar-refractivity contribution in [3.05, 3.63) is 64.7 Å². The van der Waals surface area contributed by atoms with Gasteiger partial charge in [-0.15, -0.1) is 11.8 Å². The summed E-state index contributed by atoms with van der Waals surface area (Å²) in [5.41, 5.74) is 2.26. The molecule has 1 nitrogen and oxygen atoms in total. The van der Waals surface area contributed by atoms with E-state index in [9.17, 15) is 5.11 Å². The van der Waals surface area contributed by atoms with E-state index < -0.39 is 6.10 Å². The topological polar surface area (TPSA) is 20.2 Å². The number of benzene rings is 2. The summed E-state index contributed by atoms with van der Waals surface area (Å²) in [6, 6.07) is 15.9. The fourth-order valence-electron chi connectivity index (χ4n) is 1.93. The Morgan fingerprint density at radius 1 is 1.05 bits per heavy atom. The molecule has 2 aromatic rings. The molecule has 3 heteroatoms. The van der Waals surface area contributed by atoms with Gasteiger partial charge in [-0.2, -0.15) is 0 Å². The highest BCUT2D eigenvalue weighted by molar-refractivity contribution is 7.99. The first-order valence-corrected chi connectivity index (χ1v) is 8.09. The molecular formula is C17H19ClOS. The van der Waals surface area contributed by atoms with E-state index in [2.05, 4.69) is 26.0 Å². The Kier molecular flexibility index (Phi) is 5.53. The van der Waals surface area contributed by atoms with Crippen LogP contribution in [0, 0.1) is 0 Å². The zero-order valence-electron chi connectivity index (χ0n) is 11.7. The third-order valence-corrected chi connectivity index (χ3v) is 4.50. The van der Waals surface area contributed by atoms with Gasteiger partial charge in [-0.05, 0) is 35.2 Å². The molecule has 0 aliphatic rings. The van der Waals surface area contributed by atoms with E-state index in [0.717, 1.165) is 15.5 Å². The molecule has 20 heavy (non-hydrogen) atoms. The highest BCUT2D eigenvalue weighted by atomic mass is 35.5. The summed E-state index contributed by atoms with van der Waals surface area (Å²) in [7, 11) is 0. The van der Waals surface area contributed by atoms with Gasteiger partial charge in [-0.25, -0.2) is 0 Å². The van der Waals surface area contributed by atoms with Gasteiger partial charge in [0.15, 0.2) is 0 Å². The Morgan fingerprint density at radius 3 is 2.30 bits per heavy atom. The lowest BCUT2D eigenvalue weighted by atomic mass is 10.0. The first-order valence-electron chi connectivity index (χ1n) is 6.72. The van der Waals surface area contributed by atoms with Crippen molar-refractivity contribution in [1.82, 2.24) is 0 Å². The molecule has 0 radical (unpaired) electrons. The Morgan fingerprint density at radius 2 is 1.70 bits per heavy atom. The minimum Gasteiger partial charge on any atom is -0.388 e. The van der Waals surface area contributed by atoms with E-state index in [-0.39, 0.29) is 0 Å². The standard InChI is InChI=1S/C17H19ClOS/c1-12(2)13-6-8-14(9-7-13)17(19)11-20-16-5-3-4-15(18)10-16/h3-10,12,17,19H,11H2,1-2H3. The molecule has 1 N–H and O–H groups in total. The normalized spacial score (nSPS) is 12.7. The third-order valence-electron chi connectivity index (χ3n) is 3.19. The summed E-state index contributed by atoms with van der Waals surface area (Å²) in [5.74, 6) is 1.14. The van der Waals surface area contributed by atoms with Gasteiger partial charge in [0.05, 0.1) is 6.10 Å².